The van der Waals surface area contributed by atoms with Gasteiger partial charge in [0.2, 0.25) is 0 Å². The fraction of sp³-hybridized carbons (Fsp3) is 0.800. The highest BCUT2D eigenvalue weighted by Gasteiger charge is 2.50. The van der Waals surface area contributed by atoms with Crippen LogP contribution >= 0.6 is 0 Å². The number of nitrogens with zero attached hydrogens (tertiary/aromatic N) is 1. The molecule has 0 spiro atoms. The van der Waals surface area contributed by atoms with Crippen LogP contribution in [0.2, 0.25) is 0 Å². The Morgan fingerprint density at radius 2 is 2.20 bits per heavy atom. The zero-order chi connectivity index (χ0) is 11.2. The average molecular weight is 212 g/mol. The minimum Gasteiger partial charge on any atom is -0.371 e. The Bertz CT molecular complexity index is 310. The minimum atomic E-state index is -0.778. The zero-order valence-corrected chi connectivity index (χ0v) is 9.24. The standard InChI is InChI=1S/C10H16N2O3/c1-4-6(7-5-15-7)12-8(13)10(2,3)11-9(12)14/h6-7H,4-5H2,1-3H3,(H,11,14). The molecule has 84 valence electrons. The van der Waals surface area contributed by atoms with Gasteiger partial charge in [-0.25, -0.2) is 4.79 Å². The summed E-state index contributed by atoms with van der Waals surface area (Å²) in [6, 6.07) is -0.411. The van der Waals surface area contributed by atoms with Crippen LogP contribution < -0.4 is 5.32 Å². The number of epoxide rings is 1. The topological polar surface area (TPSA) is 61.9 Å². The van der Waals surface area contributed by atoms with Crippen molar-refractivity contribution in [3.63, 3.8) is 0 Å². The lowest BCUT2D eigenvalue weighted by Crippen LogP contribution is -2.45. The highest BCUT2D eigenvalue weighted by molar-refractivity contribution is 6.06. The van der Waals surface area contributed by atoms with E-state index in [1.54, 1.807) is 13.8 Å². The Morgan fingerprint density at radius 1 is 1.60 bits per heavy atom. The number of urea groups is 1. The lowest BCUT2D eigenvalue weighted by Gasteiger charge is -2.23. The van der Waals surface area contributed by atoms with E-state index in [-0.39, 0.29) is 24.1 Å². The SMILES string of the molecule is CCC(C1CO1)N1C(=O)NC(C)(C)C1=O. The van der Waals surface area contributed by atoms with Crippen LogP contribution in [0.15, 0.2) is 0 Å². The van der Waals surface area contributed by atoms with Crippen LogP contribution in [-0.4, -0.2) is 41.1 Å². The summed E-state index contributed by atoms with van der Waals surface area (Å²) in [7, 11) is 0. The third-order valence-corrected chi connectivity index (χ3v) is 2.93. The van der Waals surface area contributed by atoms with E-state index in [9.17, 15) is 9.59 Å². The second kappa shape index (κ2) is 3.20. The Morgan fingerprint density at radius 3 is 2.53 bits per heavy atom. The van der Waals surface area contributed by atoms with E-state index in [0.29, 0.717) is 6.61 Å². The molecule has 1 N–H and O–H groups in total. The summed E-state index contributed by atoms with van der Waals surface area (Å²) >= 11 is 0. The minimum absolute atomic E-state index is 0.0404. The average Bonchev–Trinajstić information content (AvgIpc) is 2.91. The van der Waals surface area contributed by atoms with Gasteiger partial charge in [-0.15, -0.1) is 0 Å². The van der Waals surface area contributed by atoms with Crippen molar-refractivity contribution in [1.82, 2.24) is 10.2 Å². The van der Waals surface area contributed by atoms with Crippen molar-refractivity contribution in [2.45, 2.75) is 44.9 Å². The van der Waals surface area contributed by atoms with Gasteiger partial charge in [0.05, 0.1) is 12.6 Å². The molecule has 15 heavy (non-hydrogen) atoms. The van der Waals surface area contributed by atoms with Crippen LogP contribution in [0.1, 0.15) is 27.2 Å². The first-order chi connectivity index (χ1) is 6.97. The van der Waals surface area contributed by atoms with E-state index in [2.05, 4.69) is 5.32 Å². The van der Waals surface area contributed by atoms with Crippen LogP contribution in [-0.2, 0) is 9.53 Å². The van der Waals surface area contributed by atoms with E-state index in [1.165, 1.54) is 4.90 Å². The normalized spacial score (nSPS) is 30.3. The monoisotopic (exact) mass is 212 g/mol. The quantitative estimate of drug-likeness (QED) is 0.547. The van der Waals surface area contributed by atoms with Gasteiger partial charge < -0.3 is 10.1 Å². The van der Waals surface area contributed by atoms with Gasteiger partial charge in [-0.1, -0.05) is 6.92 Å². The molecule has 0 bridgehead atoms. The molecule has 0 aromatic heterocycles. The van der Waals surface area contributed by atoms with Crippen molar-refractivity contribution in [2.24, 2.45) is 0 Å². The fourth-order valence-corrected chi connectivity index (χ4v) is 1.97. The molecule has 2 unspecified atom stereocenters. The Kier molecular flexibility index (Phi) is 2.22. The molecule has 0 aromatic carbocycles. The van der Waals surface area contributed by atoms with E-state index in [4.69, 9.17) is 4.74 Å². The van der Waals surface area contributed by atoms with Gasteiger partial charge in [-0.2, -0.15) is 0 Å². The molecule has 5 nitrogen and oxygen atoms in total. The van der Waals surface area contributed by atoms with Crippen molar-refractivity contribution >= 4 is 11.9 Å². The number of carbonyl (C=O) groups excluding carboxylic acids is 2. The summed E-state index contributed by atoms with van der Waals surface area (Å²) in [6.45, 7) is 6.04. The van der Waals surface area contributed by atoms with Crippen LogP contribution in [0.4, 0.5) is 4.79 Å². The summed E-state index contributed by atoms with van der Waals surface area (Å²) in [5, 5.41) is 2.67. The van der Waals surface area contributed by atoms with Crippen LogP contribution in [0, 0.1) is 0 Å². The summed E-state index contributed by atoms with van der Waals surface area (Å²) in [5.41, 5.74) is -0.778. The molecular weight excluding hydrogens is 196 g/mol. The first kappa shape index (κ1) is 10.4. The lowest BCUT2D eigenvalue weighted by molar-refractivity contribution is -0.132. The fourth-order valence-electron chi connectivity index (χ4n) is 1.97. The maximum Gasteiger partial charge on any atom is 0.325 e. The van der Waals surface area contributed by atoms with E-state index in [0.717, 1.165) is 6.42 Å². The number of carbonyl (C=O) groups is 2. The first-order valence-electron chi connectivity index (χ1n) is 5.24. The molecule has 2 saturated heterocycles. The zero-order valence-electron chi connectivity index (χ0n) is 9.24. The highest BCUT2D eigenvalue weighted by atomic mass is 16.6. The molecule has 5 heteroatoms. The molecule has 0 aromatic rings. The molecule has 2 atom stereocenters. The van der Waals surface area contributed by atoms with Crippen molar-refractivity contribution in [2.75, 3.05) is 6.61 Å². The van der Waals surface area contributed by atoms with E-state index >= 15 is 0 Å². The first-order valence-corrected chi connectivity index (χ1v) is 5.24. The number of rotatable bonds is 3. The molecule has 2 aliphatic heterocycles. The Hall–Kier alpha value is -1.10. The second-order valence-electron chi connectivity index (χ2n) is 4.58. The molecule has 2 rings (SSSR count). The van der Waals surface area contributed by atoms with Crippen LogP contribution in [0.3, 0.4) is 0 Å². The summed E-state index contributed by atoms with van der Waals surface area (Å²) in [6.07, 6.45) is 0.776. The molecule has 0 aliphatic carbocycles. The van der Waals surface area contributed by atoms with Crippen molar-refractivity contribution < 1.29 is 14.3 Å². The smallest absolute Gasteiger partial charge is 0.325 e. The third kappa shape index (κ3) is 1.61. The molecular formula is C10H16N2O3. The third-order valence-electron chi connectivity index (χ3n) is 2.93. The van der Waals surface area contributed by atoms with Crippen molar-refractivity contribution in [1.29, 1.82) is 0 Å². The van der Waals surface area contributed by atoms with Gasteiger partial charge in [0.1, 0.15) is 11.6 Å². The van der Waals surface area contributed by atoms with Gasteiger partial charge in [0.15, 0.2) is 0 Å². The lowest BCUT2D eigenvalue weighted by atomic mass is 10.0. The maximum absolute atomic E-state index is 12.0. The van der Waals surface area contributed by atoms with Crippen molar-refractivity contribution in [3.05, 3.63) is 0 Å². The number of nitrogens with one attached hydrogen (secondary N) is 1. The second-order valence-corrected chi connectivity index (χ2v) is 4.58. The molecule has 3 amide bonds. The molecule has 2 aliphatic rings. The number of ether oxygens (including phenoxy) is 1. The predicted octanol–water partition coefficient (Wildman–Crippen LogP) is 0.494. The van der Waals surface area contributed by atoms with Gasteiger partial charge in [-0.3, -0.25) is 9.69 Å². The van der Waals surface area contributed by atoms with Gasteiger partial charge in [0.25, 0.3) is 5.91 Å². The number of imide groups is 1. The summed E-state index contributed by atoms with van der Waals surface area (Å²) < 4.78 is 5.16. The largest absolute Gasteiger partial charge is 0.371 e. The summed E-state index contributed by atoms with van der Waals surface area (Å²) in [4.78, 5) is 24.9. The Balaban J connectivity index is 2.20. The molecule has 0 radical (unpaired) electrons. The van der Waals surface area contributed by atoms with E-state index in [1.807, 2.05) is 6.92 Å². The summed E-state index contributed by atoms with van der Waals surface area (Å²) in [5.74, 6) is -0.158. The number of amides is 3. The molecule has 2 heterocycles. The Labute approximate surface area is 88.8 Å². The van der Waals surface area contributed by atoms with Crippen LogP contribution in [0.25, 0.3) is 0 Å². The van der Waals surface area contributed by atoms with Crippen molar-refractivity contribution in [3.8, 4) is 0 Å². The van der Waals surface area contributed by atoms with E-state index < -0.39 is 5.54 Å². The molecule has 0 saturated carbocycles. The van der Waals surface area contributed by atoms with Gasteiger partial charge in [0, 0.05) is 0 Å². The van der Waals surface area contributed by atoms with Gasteiger partial charge >= 0.3 is 6.03 Å². The predicted molar refractivity (Wildman–Crippen MR) is 53.3 cm³/mol. The highest BCUT2D eigenvalue weighted by Crippen LogP contribution is 2.27. The number of hydrogen-bond donors (Lipinski definition) is 1. The van der Waals surface area contributed by atoms with Crippen LogP contribution in [0.5, 0.6) is 0 Å². The molecule has 2 fully saturated rings. The van der Waals surface area contributed by atoms with Gasteiger partial charge in [-0.05, 0) is 20.3 Å². The maximum atomic E-state index is 12.0. The number of hydrogen-bond acceptors (Lipinski definition) is 3.